The maximum atomic E-state index is 13.5. The minimum absolute atomic E-state index is 0.0466. The average Bonchev–Trinajstić information content (AvgIpc) is 2.79. The fourth-order valence-electron chi connectivity index (χ4n) is 3.84. The summed E-state index contributed by atoms with van der Waals surface area (Å²) < 4.78 is 0. The minimum atomic E-state index is -1.60. The van der Waals surface area contributed by atoms with E-state index in [9.17, 15) is 24.3 Å². The van der Waals surface area contributed by atoms with Crippen molar-refractivity contribution in [2.75, 3.05) is 0 Å². The van der Waals surface area contributed by atoms with Crippen LogP contribution in [-0.4, -0.2) is 38.9 Å². The van der Waals surface area contributed by atoms with Crippen molar-refractivity contribution in [3.8, 4) is 0 Å². The number of nitrogens with one attached hydrogen (secondary N) is 2. The molecule has 2 atom stereocenters. The van der Waals surface area contributed by atoms with Gasteiger partial charge in [-0.05, 0) is 36.3 Å². The van der Waals surface area contributed by atoms with E-state index < -0.39 is 22.8 Å². The van der Waals surface area contributed by atoms with E-state index >= 15 is 0 Å². The van der Waals surface area contributed by atoms with Crippen molar-refractivity contribution < 1.29 is 24.3 Å². The van der Waals surface area contributed by atoms with Gasteiger partial charge in [-0.25, -0.2) is 4.79 Å². The Morgan fingerprint density at radius 2 is 1.51 bits per heavy atom. The van der Waals surface area contributed by atoms with Gasteiger partial charge in [-0.3, -0.25) is 14.4 Å². The summed E-state index contributed by atoms with van der Waals surface area (Å²) in [6.45, 7) is 5.08. The molecule has 2 amide bonds. The van der Waals surface area contributed by atoms with Gasteiger partial charge in [0.05, 0.1) is 0 Å². The van der Waals surface area contributed by atoms with Crippen molar-refractivity contribution in [1.29, 1.82) is 0 Å². The molecule has 8 heteroatoms. The Balaban J connectivity index is 2.19. The van der Waals surface area contributed by atoms with Crippen LogP contribution >= 0.6 is 11.8 Å². The van der Waals surface area contributed by atoms with Crippen molar-refractivity contribution in [1.82, 2.24) is 10.6 Å². The first-order valence-corrected chi connectivity index (χ1v) is 12.5. The molecule has 0 aliphatic carbocycles. The summed E-state index contributed by atoms with van der Waals surface area (Å²) in [5, 5.41) is 14.8. The maximum Gasteiger partial charge on any atom is 0.326 e. The van der Waals surface area contributed by atoms with Crippen molar-refractivity contribution in [3.63, 3.8) is 0 Å². The van der Waals surface area contributed by atoms with Crippen LogP contribution in [-0.2, 0) is 32.0 Å². The number of carboxylic acids is 1. The molecule has 0 spiro atoms. The first-order valence-electron chi connectivity index (χ1n) is 11.7. The van der Waals surface area contributed by atoms with E-state index in [2.05, 4.69) is 10.6 Å². The van der Waals surface area contributed by atoms with E-state index in [0.29, 0.717) is 12.8 Å². The zero-order valence-corrected chi connectivity index (χ0v) is 21.3. The Hall–Kier alpha value is -3.13. The van der Waals surface area contributed by atoms with Crippen molar-refractivity contribution >= 4 is 34.7 Å². The largest absolute Gasteiger partial charge is 0.480 e. The van der Waals surface area contributed by atoms with Crippen LogP contribution in [0.4, 0.5) is 0 Å². The Morgan fingerprint density at radius 1 is 0.943 bits per heavy atom. The van der Waals surface area contributed by atoms with Gasteiger partial charge in [-0.1, -0.05) is 86.3 Å². The summed E-state index contributed by atoms with van der Waals surface area (Å²) in [5.74, 6) is -2.29. The molecule has 7 nitrogen and oxygen atoms in total. The number of thioether (sulfide) groups is 1. The van der Waals surface area contributed by atoms with Gasteiger partial charge in [0.25, 0.3) is 5.91 Å². The third kappa shape index (κ3) is 9.56. The van der Waals surface area contributed by atoms with Crippen LogP contribution in [0.15, 0.2) is 60.7 Å². The monoisotopic (exact) mass is 498 g/mol. The highest BCUT2D eigenvalue weighted by Gasteiger charge is 2.44. The number of rotatable bonds is 13. The van der Waals surface area contributed by atoms with E-state index in [1.807, 2.05) is 50.2 Å². The normalized spacial score (nSPS) is 13.5. The number of aliphatic carboxylic acids is 1. The third-order valence-corrected chi connectivity index (χ3v) is 6.41. The molecular formula is C27H34N2O5S. The average molecular weight is 499 g/mol. The van der Waals surface area contributed by atoms with Crippen molar-refractivity contribution in [2.24, 2.45) is 5.92 Å². The minimum Gasteiger partial charge on any atom is -0.480 e. The molecule has 0 bridgehead atoms. The number of hydrogen-bond acceptors (Lipinski definition) is 5. The predicted octanol–water partition coefficient (Wildman–Crippen LogP) is 3.96. The number of aryl methyl sites for hydroxylation is 1. The second-order valence-electron chi connectivity index (χ2n) is 8.96. The van der Waals surface area contributed by atoms with Gasteiger partial charge in [0.15, 0.2) is 9.99 Å². The van der Waals surface area contributed by atoms with E-state index in [-0.39, 0.29) is 36.2 Å². The number of hydrogen-bond donors (Lipinski definition) is 3. The number of amides is 2. The smallest absolute Gasteiger partial charge is 0.326 e. The molecule has 0 aliphatic heterocycles. The van der Waals surface area contributed by atoms with Gasteiger partial charge in [0.1, 0.15) is 6.04 Å². The second-order valence-corrected chi connectivity index (χ2v) is 10.4. The number of carbonyl (C=O) groups excluding carboxylic acids is 3. The highest BCUT2D eigenvalue weighted by Crippen LogP contribution is 2.31. The molecular weight excluding hydrogens is 464 g/mol. The van der Waals surface area contributed by atoms with E-state index in [4.69, 9.17) is 0 Å². The lowest BCUT2D eigenvalue weighted by Crippen LogP contribution is -2.60. The molecule has 0 radical (unpaired) electrons. The molecule has 35 heavy (non-hydrogen) atoms. The fraction of sp³-hybridized carbons (Fsp3) is 0.407. The lowest BCUT2D eigenvalue weighted by atomic mass is 10.00. The summed E-state index contributed by atoms with van der Waals surface area (Å²) in [4.78, 5) is 48.9. The van der Waals surface area contributed by atoms with Gasteiger partial charge in [-0.2, -0.15) is 0 Å². The van der Waals surface area contributed by atoms with E-state index in [1.54, 1.807) is 24.3 Å². The highest BCUT2D eigenvalue weighted by atomic mass is 32.2. The van der Waals surface area contributed by atoms with Crippen LogP contribution in [0, 0.1) is 5.92 Å². The third-order valence-electron chi connectivity index (χ3n) is 5.32. The molecule has 0 saturated heterocycles. The van der Waals surface area contributed by atoms with Crippen LogP contribution in [0.5, 0.6) is 0 Å². The molecule has 0 heterocycles. The van der Waals surface area contributed by atoms with Gasteiger partial charge in [0.2, 0.25) is 5.91 Å². The molecule has 0 fully saturated rings. The second kappa shape index (κ2) is 13.7. The van der Waals surface area contributed by atoms with Crippen LogP contribution in [0.2, 0.25) is 0 Å². The lowest BCUT2D eigenvalue weighted by Gasteiger charge is -2.34. The summed E-state index contributed by atoms with van der Waals surface area (Å²) in [6, 6.07) is 17.5. The molecule has 1 unspecified atom stereocenters. The van der Waals surface area contributed by atoms with Crippen LogP contribution in [0.1, 0.15) is 51.2 Å². The molecule has 188 valence electrons. The highest BCUT2D eigenvalue weighted by molar-refractivity contribution is 8.15. The van der Waals surface area contributed by atoms with Gasteiger partial charge >= 0.3 is 5.97 Å². The predicted molar refractivity (Wildman–Crippen MR) is 138 cm³/mol. The Kier molecular flexibility index (Phi) is 11.0. The molecule has 2 aromatic rings. The Bertz CT molecular complexity index is 997. The number of benzene rings is 2. The first-order chi connectivity index (χ1) is 16.6. The molecule has 3 N–H and O–H groups in total. The van der Waals surface area contributed by atoms with E-state index in [1.165, 1.54) is 6.92 Å². The molecule has 0 aliphatic rings. The lowest BCUT2D eigenvalue weighted by molar-refractivity contribution is -0.142. The topological polar surface area (TPSA) is 113 Å². The molecule has 2 rings (SSSR count). The summed E-state index contributed by atoms with van der Waals surface area (Å²) in [7, 11) is 0. The number of carbonyl (C=O) groups is 4. The van der Waals surface area contributed by atoms with Crippen molar-refractivity contribution in [2.45, 2.75) is 63.8 Å². The summed E-state index contributed by atoms with van der Waals surface area (Å²) in [6.07, 6.45) is 1.70. The Morgan fingerprint density at radius 3 is 2.03 bits per heavy atom. The standard InChI is InChI=1S/C27H34N2O5S/c1-19(2)18-27(35-20(3)30,29-24(31)16-10-15-21-11-6-4-7-12-21)26(34)28-23(25(32)33)17-22-13-8-5-9-14-22/h4-9,11-14,19,23H,10,15-18H2,1-3H3,(H,28,34)(H,29,31)(H,32,33)/t23-,27?/m0/s1. The molecule has 0 saturated carbocycles. The summed E-state index contributed by atoms with van der Waals surface area (Å²) >= 11 is 0.726. The molecule has 0 aromatic heterocycles. The zero-order chi connectivity index (χ0) is 25.8. The fourth-order valence-corrected chi connectivity index (χ4v) is 5.07. The SMILES string of the molecule is CC(=O)SC(CC(C)C)(NC(=O)CCCc1ccccc1)C(=O)N[C@@H](Cc1ccccc1)C(=O)O. The quantitative estimate of drug-likeness (QED) is 0.361. The first kappa shape index (κ1) is 28.1. The Labute approximate surface area is 211 Å². The van der Waals surface area contributed by atoms with Gasteiger partial charge in [0, 0.05) is 19.8 Å². The van der Waals surface area contributed by atoms with Crippen LogP contribution in [0.25, 0.3) is 0 Å². The van der Waals surface area contributed by atoms with E-state index in [0.717, 1.165) is 22.9 Å². The van der Waals surface area contributed by atoms with Crippen LogP contribution < -0.4 is 10.6 Å². The van der Waals surface area contributed by atoms with Gasteiger partial charge in [-0.15, -0.1) is 0 Å². The molecule has 2 aromatic carbocycles. The van der Waals surface area contributed by atoms with Crippen molar-refractivity contribution in [3.05, 3.63) is 71.8 Å². The maximum absolute atomic E-state index is 13.5. The van der Waals surface area contributed by atoms with Gasteiger partial charge < -0.3 is 15.7 Å². The number of carboxylic acid groups (broad SMARTS) is 1. The summed E-state index contributed by atoms with van der Waals surface area (Å²) in [5.41, 5.74) is 1.86. The van der Waals surface area contributed by atoms with Crippen LogP contribution in [0.3, 0.4) is 0 Å². The zero-order valence-electron chi connectivity index (χ0n) is 20.5.